The predicted octanol–water partition coefficient (Wildman–Crippen LogP) is 2.02. The van der Waals surface area contributed by atoms with Crippen LogP contribution in [-0.4, -0.2) is 20.9 Å². The number of benzene rings is 1. The van der Waals surface area contributed by atoms with Crippen LogP contribution in [0, 0.1) is 12.7 Å². The van der Waals surface area contributed by atoms with Crippen molar-refractivity contribution in [3.63, 3.8) is 0 Å². The van der Waals surface area contributed by atoms with Crippen molar-refractivity contribution >= 4 is 5.97 Å². The van der Waals surface area contributed by atoms with Crippen molar-refractivity contribution in [3.05, 3.63) is 47.5 Å². The molecule has 0 saturated heterocycles. The molecule has 0 radical (unpaired) electrons. The summed E-state index contributed by atoms with van der Waals surface area (Å²) in [5, 5.41) is 12.8. The van der Waals surface area contributed by atoms with Crippen molar-refractivity contribution < 1.29 is 14.3 Å². The number of rotatable bonds is 2. The maximum absolute atomic E-state index is 13.2. The Balaban J connectivity index is 2.53. The van der Waals surface area contributed by atoms with E-state index in [0.717, 1.165) is 11.6 Å². The topological polar surface area (TPSA) is 55.1 Å². The van der Waals surface area contributed by atoms with E-state index in [1.165, 1.54) is 16.8 Å². The quantitative estimate of drug-likeness (QED) is 0.842. The molecule has 5 heteroatoms. The van der Waals surface area contributed by atoms with Gasteiger partial charge in [-0.15, -0.1) is 0 Å². The summed E-state index contributed by atoms with van der Waals surface area (Å²) in [6.07, 6.45) is 3.31. The van der Waals surface area contributed by atoms with Gasteiger partial charge in [0.1, 0.15) is 5.82 Å². The number of aromatic carboxylic acids is 1. The van der Waals surface area contributed by atoms with Gasteiger partial charge < -0.3 is 5.11 Å². The summed E-state index contributed by atoms with van der Waals surface area (Å²) in [5.41, 5.74) is 1.22. The minimum atomic E-state index is -1.16. The van der Waals surface area contributed by atoms with Crippen LogP contribution in [0.4, 0.5) is 4.39 Å². The van der Waals surface area contributed by atoms with Crippen LogP contribution < -0.4 is 0 Å². The maximum atomic E-state index is 13.2. The van der Waals surface area contributed by atoms with E-state index in [0.29, 0.717) is 5.69 Å². The Labute approximate surface area is 90.9 Å². The molecule has 1 heterocycles. The summed E-state index contributed by atoms with van der Waals surface area (Å²) in [6, 6.07) is 3.58. The average molecular weight is 220 g/mol. The van der Waals surface area contributed by atoms with E-state index in [-0.39, 0.29) is 5.56 Å². The summed E-state index contributed by atoms with van der Waals surface area (Å²) in [6.45, 7) is 1.85. The lowest BCUT2D eigenvalue weighted by atomic mass is 10.2. The largest absolute Gasteiger partial charge is 0.478 e. The Morgan fingerprint density at radius 1 is 1.44 bits per heavy atom. The molecule has 1 aromatic heterocycles. The molecule has 16 heavy (non-hydrogen) atoms. The minimum absolute atomic E-state index is 0.0943. The summed E-state index contributed by atoms with van der Waals surface area (Å²) in [5.74, 6) is -1.76. The molecule has 0 aliphatic rings. The zero-order chi connectivity index (χ0) is 11.7. The summed E-state index contributed by atoms with van der Waals surface area (Å²) < 4.78 is 14.6. The van der Waals surface area contributed by atoms with Gasteiger partial charge in [0, 0.05) is 6.20 Å². The van der Waals surface area contributed by atoms with Gasteiger partial charge in [0.05, 0.1) is 17.4 Å². The van der Waals surface area contributed by atoms with Crippen LogP contribution in [-0.2, 0) is 0 Å². The molecule has 0 amide bonds. The number of aromatic nitrogens is 2. The van der Waals surface area contributed by atoms with Gasteiger partial charge in [-0.1, -0.05) is 0 Å². The molecule has 0 aliphatic carbocycles. The number of hydrogen-bond donors (Lipinski definition) is 1. The molecule has 0 atom stereocenters. The third kappa shape index (κ3) is 1.93. The highest BCUT2D eigenvalue weighted by Gasteiger charge is 2.08. The van der Waals surface area contributed by atoms with Crippen molar-refractivity contribution in [2.45, 2.75) is 6.92 Å². The van der Waals surface area contributed by atoms with E-state index in [9.17, 15) is 9.18 Å². The van der Waals surface area contributed by atoms with Crippen molar-refractivity contribution in [3.8, 4) is 5.69 Å². The molecular weight excluding hydrogens is 211 g/mol. The van der Waals surface area contributed by atoms with E-state index < -0.39 is 11.8 Å². The van der Waals surface area contributed by atoms with Crippen LogP contribution in [0.5, 0.6) is 0 Å². The molecule has 0 spiro atoms. The summed E-state index contributed by atoms with van der Waals surface area (Å²) in [7, 11) is 0. The Hall–Kier alpha value is -2.17. The van der Waals surface area contributed by atoms with E-state index in [1.54, 1.807) is 12.4 Å². The fourth-order valence-corrected chi connectivity index (χ4v) is 1.38. The van der Waals surface area contributed by atoms with Crippen LogP contribution in [0.15, 0.2) is 30.6 Å². The second kappa shape index (κ2) is 3.77. The zero-order valence-corrected chi connectivity index (χ0v) is 8.51. The van der Waals surface area contributed by atoms with Crippen molar-refractivity contribution in [2.75, 3.05) is 0 Å². The lowest BCUT2D eigenvalue weighted by Crippen LogP contribution is -2.01. The molecule has 0 unspecified atom stereocenters. The molecule has 2 aromatic rings. The molecule has 1 N–H and O–H groups in total. The maximum Gasteiger partial charge on any atom is 0.335 e. The monoisotopic (exact) mass is 220 g/mol. The highest BCUT2D eigenvalue weighted by Crippen LogP contribution is 2.13. The highest BCUT2D eigenvalue weighted by molar-refractivity contribution is 5.88. The minimum Gasteiger partial charge on any atom is -0.478 e. The molecular formula is C11H9FN2O2. The first-order valence-electron chi connectivity index (χ1n) is 4.62. The summed E-state index contributed by atoms with van der Waals surface area (Å²) in [4.78, 5) is 10.7. The number of carbonyl (C=O) groups is 1. The van der Waals surface area contributed by atoms with E-state index >= 15 is 0 Å². The second-order valence-corrected chi connectivity index (χ2v) is 3.47. The number of halogens is 1. The lowest BCUT2D eigenvalue weighted by Gasteiger charge is -2.03. The Morgan fingerprint density at radius 3 is 2.75 bits per heavy atom. The van der Waals surface area contributed by atoms with Crippen LogP contribution in [0.1, 0.15) is 15.9 Å². The van der Waals surface area contributed by atoms with Crippen LogP contribution >= 0.6 is 0 Å². The first kappa shape index (κ1) is 10.4. The van der Waals surface area contributed by atoms with Gasteiger partial charge >= 0.3 is 5.97 Å². The predicted molar refractivity (Wildman–Crippen MR) is 55.2 cm³/mol. The standard InChI is InChI=1S/C11H9FN2O2/c1-7-5-13-14(6-7)10-3-8(11(15)16)2-9(12)4-10/h2-6H,1H3,(H,15,16). The molecule has 0 bridgehead atoms. The van der Waals surface area contributed by atoms with E-state index in [2.05, 4.69) is 5.10 Å². The molecule has 1 aromatic carbocycles. The number of aryl methyl sites for hydroxylation is 1. The fraction of sp³-hybridized carbons (Fsp3) is 0.0909. The normalized spacial score (nSPS) is 10.4. The first-order valence-corrected chi connectivity index (χ1v) is 4.62. The van der Waals surface area contributed by atoms with Crippen LogP contribution in [0.25, 0.3) is 5.69 Å². The van der Waals surface area contributed by atoms with Crippen molar-refractivity contribution in [1.29, 1.82) is 0 Å². The zero-order valence-electron chi connectivity index (χ0n) is 8.51. The van der Waals surface area contributed by atoms with E-state index in [1.807, 2.05) is 6.92 Å². The Morgan fingerprint density at radius 2 is 2.19 bits per heavy atom. The third-order valence-electron chi connectivity index (χ3n) is 2.11. The first-order chi connectivity index (χ1) is 7.56. The third-order valence-corrected chi connectivity index (χ3v) is 2.11. The number of carboxylic acids is 1. The van der Waals surface area contributed by atoms with Gasteiger partial charge in [-0.25, -0.2) is 13.9 Å². The van der Waals surface area contributed by atoms with Crippen molar-refractivity contribution in [1.82, 2.24) is 9.78 Å². The van der Waals surface area contributed by atoms with Gasteiger partial charge in [0.15, 0.2) is 0 Å². The Kier molecular flexibility index (Phi) is 2.44. The second-order valence-electron chi connectivity index (χ2n) is 3.47. The smallest absolute Gasteiger partial charge is 0.335 e. The van der Waals surface area contributed by atoms with Gasteiger partial charge in [-0.05, 0) is 30.7 Å². The molecule has 0 aliphatic heterocycles. The molecule has 82 valence electrons. The van der Waals surface area contributed by atoms with Gasteiger partial charge in [0.2, 0.25) is 0 Å². The lowest BCUT2D eigenvalue weighted by molar-refractivity contribution is 0.0696. The number of hydrogen-bond acceptors (Lipinski definition) is 2. The van der Waals surface area contributed by atoms with Crippen molar-refractivity contribution in [2.24, 2.45) is 0 Å². The van der Waals surface area contributed by atoms with E-state index in [4.69, 9.17) is 5.11 Å². The number of nitrogens with zero attached hydrogens (tertiary/aromatic N) is 2. The SMILES string of the molecule is Cc1cnn(-c2cc(F)cc(C(=O)O)c2)c1. The molecule has 4 nitrogen and oxygen atoms in total. The van der Waals surface area contributed by atoms with Gasteiger partial charge in [-0.3, -0.25) is 0 Å². The molecule has 0 saturated carbocycles. The van der Waals surface area contributed by atoms with Crippen LogP contribution in [0.2, 0.25) is 0 Å². The van der Waals surface area contributed by atoms with Gasteiger partial charge in [-0.2, -0.15) is 5.10 Å². The Bertz CT molecular complexity index is 549. The highest BCUT2D eigenvalue weighted by atomic mass is 19.1. The fourth-order valence-electron chi connectivity index (χ4n) is 1.38. The average Bonchev–Trinajstić information content (AvgIpc) is 2.64. The number of carboxylic acid groups (broad SMARTS) is 1. The molecule has 0 fully saturated rings. The summed E-state index contributed by atoms with van der Waals surface area (Å²) >= 11 is 0. The van der Waals surface area contributed by atoms with Crippen LogP contribution in [0.3, 0.4) is 0 Å². The molecule has 2 rings (SSSR count). The van der Waals surface area contributed by atoms with Gasteiger partial charge in [0.25, 0.3) is 0 Å².